The van der Waals surface area contributed by atoms with Gasteiger partial charge in [-0.25, -0.2) is 19.4 Å². The molecule has 0 aliphatic heterocycles. The zero-order chi connectivity index (χ0) is 21.1. The molecule has 1 aromatic carbocycles. The van der Waals surface area contributed by atoms with E-state index in [4.69, 9.17) is 28.9 Å². The molecular formula is C19H18Cl2FN7. The Bertz CT molecular complexity index is 1100. The van der Waals surface area contributed by atoms with E-state index in [1.54, 1.807) is 43.8 Å². The molecule has 0 fully saturated rings. The van der Waals surface area contributed by atoms with Gasteiger partial charge < -0.3 is 11.1 Å². The van der Waals surface area contributed by atoms with Gasteiger partial charge in [-0.05, 0) is 38.1 Å². The second-order valence-electron chi connectivity index (χ2n) is 6.22. The summed E-state index contributed by atoms with van der Waals surface area (Å²) >= 11 is 12.6. The fourth-order valence-corrected chi connectivity index (χ4v) is 2.96. The third-order valence-corrected chi connectivity index (χ3v) is 4.88. The van der Waals surface area contributed by atoms with E-state index in [1.165, 1.54) is 18.5 Å². The molecule has 0 saturated heterocycles. The first-order valence-electron chi connectivity index (χ1n) is 8.51. The lowest BCUT2D eigenvalue weighted by atomic mass is 10.1. The van der Waals surface area contributed by atoms with Gasteiger partial charge in [0.25, 0.3) is 0 Å². The summed E-state index contributed by atoms with van der Waals surface area (Å²) in [5, 5.41) is 8.19. The molecule has 3 rings (SSSR count). The first kappa shape index (κ1) is 20.8. The third kappa shape index (κ3) is 4.72. The highest BCUT2D eigenvalue weighted by atomic mass is 35.5. The fraction of sp³-hybridized carbons (Fsp3) is 0.158. The number of benzene rings is 1. The highest BCUT2D eigenvalue weighted by molar-refractivity contribution is 6.43. The van der Waals surface area contributed by atoms with Gasteiger partial charge >= 0.3 is 0 Å². The van der Waals surface area contributed by atoms with E-state index in [1.807, 2.05) is 0 Å². The number of rotatable bonds is 5. The zero-order valence-corrected chi connectivity index (χ0v) is 17.4. The summed E-state index contributed by atoms with van der Waals surface area (Å²) in [5.41, 5.74) is 8.07. The van der Waals surface area contributed by atoms with Gasteiger partial charge in [0, 0.05) is 24.4 Å². The molecule has 3 N–H and O–H groups in total. The Hall–Kier alpha value is -2.97. The SMILES string of the molecule is CC(=Nc1cc(Nc2nn(C)c(-c3ccc(F)cc3)c2Cl)ncn1)C(Cl)=C(C)N. The number of aromatic nitrogens is 4. The van der Waals surface area contributed by atoms with Crippen molar-refractivity contribution >= 4 is 46.4 Å². The molecule has 2 heterocycles. The van der Waals surface area contributed by atoms with Crippen molar-refractivity contribution < 1.29 is 4.39 Å². The van der Waals surface area contributed by atoms with Crippen LogP contribution in [0.1, 0.15) is 13.8 Å². The van der Waals surface area contributed by atoms with Crippen LogP contribution in [0.5, 0.6) is 0 Å². The Morgan fingerprint density at radius 1 is 1.21 bits per heavy atom. The predicted octanol–water partition coefficient (Wildman–Crippen LogP) is 4.93. The fourth-order valence-electron chi connectivity index (χ4n) is 2.60. The average Bonchev–Trinajstić information content (AvgIpc) is 2.95. The van der Waals surface area contributed by atoms with Crippen LogP contribution in [0.3, 0.4) is 0 Å². The Morgan fingerprint density at radius 2 is 1.90 bits per heavy atom. The molecule has 7 nitrogen and oxygen atoms in total. The summed E-state index contributed by atoms with van der Waals surface area (Å²) in [6.07, 6.45) is 1.36. The van der Waals surface area contributed by atoms with Gasteiger partial charge in [0.05, 0.1) is 16.4 Å². The summed E-state index contributed by atoms with van der Waals surface area (Å²) in [6.45, 7) is 3.43. The van der Waals surface area contributed by atoms with E-state index < -0.39 is 0 Å². The molecule has 0 aliphatic rings. The number of aryl methyl sites for hydroxylation is 1. The van der Waals surface area contributed by atoms with Crippen molar-refractivity contribution in [2.45, 2.75) is 13.8 Å². The summed E-state index contributed by atoms with van der Waals surface area (Å²) in [5.74, 6) is 0.913. The normalized spacial score (nSPS) is 12.7. The standard InChI is InChI=1S/C19H18Cl2FN7/c1-10(23)16(20)11(2)26-14-8-15(25-9-24-14)27-19-17(21)18(29(3)28-19)12-4-6-13(22)7-5-12/h4-9H,23H2,1-3H3,(H,24,25,27,28). The molecule has 10 heteroatoms. The number of hydrogen-bond donors (Lipinski definition) is 2. The topological polar surface area (TPSA) is 94.0 Å². The maximum atomic E-state index is 13.2. The van der Waals surface area contributed by atoms with Gasteiger partial charge in [0.1, 0.15) is 23.0 Å². The van der Waals surface area contributed by atoms with Gasteiger partial charge in [0.2, 0.25) is 0 Å². The number of aliphatic imine (C=N–C) groups is 1. The average molecular weight is 434 g/mol. The molecule has 0 spiro atoms. The van der Waals surface area contributed by atoms with Crippen LogP contribution in [0.2, 0.25) is 5.02 Å². The molecule has 0 saturated carbocycles. The predicted molar refractivity (Wildman–Crippen MR) is 114 cm³/mol. The van der Waals surface area contributed by atoms with Crippen LogP contribution in [-0.2, 0) is 7.05 Å². The minimum atomic E-state index is -0.325. The zero-order valence-electron chi connectivity index (χ0n) is 15.9. The van der Waals surface area contributed by atoms with E-state index >= 15 is 0 Å². The van der Waals surface area contributed by atoms with Crippen molar-refractivity contribution in [3.63, 3.8) is 0 Å². The first-order valence-corrected chi connectivity index (χ1v) is 9.27. The lowest BCUT2D eigenvalue weighted by molar-refractivity contribution is 0.628. The van der Waals surface area contributed by atoms with E-state index in [0.717, 1.165) is 5.56 Å². The molecule has 3 aromatic rings. The smallest absolute Gasteiger partial charge is 0.173 e. The van der Waals surface area contributed by atoms with Crippen LogP contribution in [0, 0.1) is 5.82 Å². The number of anilines is 2. The van der Waals surface area contributed by atoms with Crippen LogP contribution in [0.25, 0.3) is 11.3 Å². The minimum Gasteiger partial charge on any atom is -0.401 e. The Morgan fingerprint density at radius 3 is 2.55 bits per heavy atom. The summed E-state index contributed by atoms with van der Waals surface area (Å²) in [4.78, 5) is 12.6. The van der Waals surface area contributed by atoms with Crippen LogP contribution in [0.4, 0.5) is 21.8 Å². The first-order chi connectivity index (χ1) is 13.8. The van der Waals surface area contributed by atoms with Gasteiger partial charge in [-0.3, -0.25) is 4.68 Å². The van der Waals surface area contributed by atoms with E-state index in [0.29, 0.717) is 44.6 Å². The molecule has 150 valence electrons. The van der Waals surface area contributed by atoms with Crippen molar-refractivity contribution in [2.75, 3.05) is 5.32 Å². The van der Waals surface area contributed by atoms with Crippen molar-refractivity contribution in [3.8, 4) is 11.3 Å². The van der Waals surface area contributed by atoms with E-state index in [-0.39, 0.29) is 5.82 Å². The van der Waals surface area contributed by atoms with E-state index in [2.05, 4.69) is 25.4 Å². The Balaban J connectivity index is 1.90. The quantitative estimate of drug-likeness (QED) is 0.555. The largest absolute Gasteiger partial charge is 0.401 e. The van der Waals surface area contributed by atoms with Crippen molar-refractivity contribution in [1.29, 1.82) is 0 Å². The molecule has 0 radical (unpaired) electrons. The number of hydrogen-bond acceptors (Lipinski definition) is 6. The van der Waals surface area contributed by atoms with Crippen molar-refractivity contribution in [1.82, 2.24) is 19.7 Å². The number of nitrogens with zero attached hydrogens (tertiary/aromatic N) is 5. The maximum Gasteiger partial charge on any atom is 0.173 e. The van der Waals surface area contributed by atoms with Crippen LogP contribution in [-0.4, -0.2) is 25.5 Å². The maximum absolute atomic E-state index is 13.2. The summed E-state index contributed by atoms with van der Waals surface area (Å²) < 4.78 is 14.8. The Kier molecular flexibility index (Phi) is 6.14. The minimum absolute atomic E-state index is 0.325. The van der Waals surface area contributed by atoms with Crippen LogP contribution >= 0.6 is 23.2 Å². The lowest BCUT2D eigenvalue weighted by Crippen LogP contribution is -2.01. The van der Waals surface area contributed by atoms with E-state index in [9.17, 15) is 4.39 Å². The van der Waals surface area contributed by atoms with Crippen LogP contribution < -0.4 is 11.1 Å². The van der Waals surface area contributed by atoms with Gasteiger partial charge in [0.15, 0.2) is 11.6 Å². The van der Waals surface area contributed by atoms with Gasteiger partial charge in [-0.15, -0.1) is 0 Å². The van der Waals surface area contributed by atoms with Gasteiger partial charge in [-0.1, -0.05) is 23.2 Å². The number of nitrogens with two attached hydrogens (primary N) is 1. The number of halogens is 3. The molecule has 0 atom stereocenters. The molecule has 0 aliphatic carbocycles. The second kappa shape index (κ2) is 8.59. The monoisotopic (exact) mass is 433 g/mol. The lowest BCUT2D eigenvalue weighted by Gasteiger charge is -2.05. The van der Waals surface area contributed by atoms with Gasteiger partial charge in [-0.2, -0.15) is 5.10 Å². The second-order valence-corrected chi connectivity index (χ2v) is 6.98. The number of nitrogens with one attached hydrogen (secondary N) is 1. The van der Waals surface area contributed by atoms with Crippen molar-refractivity contribution in [3.05, 3.63) is 58.2 Å². The summed E-state index contributed by atoms with van der Waals surface area (Å²) in [6, 6.07) is 7.64. The molecule has 29 heavy (non-hydrogen) atoms. The highest BCUT2D eigenvalue weighted by Gasteiger charge is 2.17. The molecule has 0 amide bonds. The summed E-state index contributed by atoms with van der Waals surface area (Å²) in [7, 11) is 1.75. The third-order valence-electron chi connectivity index (χ3n) is 3.95. The van der Waals surface area contributed by atoms with Crippen molar-refractivity contribution in [2.24, 2.45) is 17.8 Å². The van der Waals surface area contributed by atoms with Crippen LogP contribution in [0.15, 0.2) is 52.4 Å². The molecule has 2 aromatic heterocycles. The molecular weight excluding hydrogens is 416 g/mol. The Labute approximate surface area is 177 Å². The molecule has 0 unspecified atom stereocenters. The molecule has 0 bridgehead atoms. The number of allylic oxidation sites excluding steroid dienone is 2. The highest BCUT2D eigenvalue weighted by Crippen LogP contribution is 2.34.